The molecule has 6 nitrogen and oxygen atoms in total. The van der Waals surface area contributed by atoms with Gasteiger partial charge in [-0.3, -0.25) is 9.69 Å². The fraction of sp³-hybridized carbons (Fsp3) is 0.571. The number of hydrogen-bond acceptors (Lipinski definition) is 5. The first-order valence-corrected chi connectivity index (χ1v) is 11.5. The van der Waals surface area contributed by atoms with E-state index in [2.05, 4.69) is 51.1 Å². The van der Waals surface area contributed by atoms with E-state index in [0.717, 1.165) is 45.3 Å². The Morgan fingerprint density at radius 3 is 2.71 bits per heavy atom. The number of piperidine rings is 1. The fourth-order valence-corrected chi connectivity index (χ4v) is 4.68. The van der Waals surface area contributed by atoms with Gasteiger partial charge < -0.3 is 5.32 Å². The van der Waals surface area contributed by atoms with Gasteiger partial charge in [-0.25, -0.2) is 4.68 Å². The smallest absolute Gasteiger partial charge is 0.273 e. The van der Waals surface area contributed by atoms with Crippen LogP contribution < -0.4 is 5.32 Å². The molecule has 1 aromatic carbocycles. The lowest BCUT2D eigenvalue weighted by Gasteiger charge is -2.32. The number of nitrogens with one attached hydrogen (secondary N) is 1. The predicted molar refractivity (Wildman–Crippen MR) is 112 cm³/mol. The van der Waals surface area contributed by atoms with Gasteiger partial charge in [0.1, 0.15) is 0 Å². The minimum atomic E-state index is -0.0836. The molecule has 1 amide bonds. The highest BCUT2D eigenvalue weighted by atomic mass is 32.2. The van der Waals surface area contributed by atoms with Crippen LogP contribution in [-0.4, -0.2) is 51.2 Å². The lowest BCUT2D eigenvalue weighted by Crippen LogP contribution is -2.36. The molecule has 0 radical (unpaired) electrons. The van der Waals surface area contributed by atoms with Crippen LogP contribution in [0.25, 0.3) is 0 Å². The molecule has 2 heterocycles. The second-order valence-electron chi connectivity index (χ2n) is 7.92. The molecule has 1 N–H and O–H groups in total. The Morgan fingerprint density at radius 2 is 1.96 bits per heavy atom. The van der Waals surface area contributed by atoms with E-state index < -0.39 is 0 Å². The van der Waals surface area contributed by atoms with E-state index in [1.807, 2.05) is 10.9 Å². The van der Waals surface area contributed by atoms with Gasteiger partial charge in [-0.2, -0.15) is 0 Å². The molecule has 1 saturated carbocycles. The molecule has 2 aromatic rings. The fourth-order valence-electron chi connectivity index (χ4n) is 4.27. The molecular weight excluding hydrogens is 370 g/mol. The highest BCUT2D eigenvalue weighted by Gasteiger charge is 2.24. The van der Waals surface area contributed by atoms with Gasteiger partial charge in [-0.1, -0.05) is 30.2 Å². The van der Waals surface area contributed by atoms with Crippen molar-refractivity contribution in [3.63, 3.8) is 0 Å². The Hall–Kier alpha value is -1.86. The molecule has 150 valence electrons. The summed E-state index contributed by atoms with van der Waals surface area (Å²) in [4.78, 5) is 16.2. The zero-order valence-electron chi connectivity index (χ0n) is 16.5. The van der Waals surface area contributed by atoms with Crippen LogP contribution >= 0.6 is 11.8 Å². The molecule has 1 aromatic heterocycles. The zero-order valence-corrected chi connectivity index (χ0v) is 17.3. The lowest BCUT2D eigenvalue weighted by atomic mass is 10.0. The number of likely N-dealkylation sites (tertiary alicyclic amines) is 1. The third-order valence-corrected chi connectivity index (χ3v) is 6.60. The first kappa shape index (κ1) is 19.5. The number of aromatic nitrogens is 3. The summed E-state index contributed by atoms with van der Waals surface area (Å²) in [7, 11) is 0. The molecule has 0 bridgehead atoms. The molecule has 28 heavy (non-hydrogen) atoms. The third kappa shape index (κ3) is 4.75. The molecule has 1 aliphatic carbocycles. The Morgan fingerprint density at radius 1 is 1.18 bits per heavy atom. The third-order valence-electron chi connectivity index (χ3n) is 5.85. The monoisotopic (exact) mass is 399 g/mol. The molecule has 1 unspecified atom stereocenters. The van der Waals surface area contributed by atoms with Crippen molar-refractivity contribution in [2.75, 3.05) is 19.3 Å². The summed E-state index contributed by atoms with van der Waals surface area (Å²) in [5.41, 5.74) is 1.78. The summed E-state index contributed by atoms with van der Waals surface area (Å²) in [6.07, 6.45) is 10.7. The maximum absolute atomic E-state index is 12.4. The van der Waals surface area contributed by atoms with E-state index in [1.54, 1.807) is 11.8 Å². The number of amides is 1. The maximum Gasteiger partial charge on any atom is 0.273 e. The summed E-state index contributed by atoms with van der Waals surface area (Å²) in [6.45, 7) is 3.00. The molecule has 2 aliphatic rings. The van der Waals surface area contributed by atoms with Crippen molar-refractivity contribution in [3.05, 3.63) is 41.7 Å². The van der Waals surface area contributed by atoms with E-state index in [0.29, 0.717) is 11.7 Å². The standard InChI is InChI=1S/C21H29N5OS/c1-28-19-10-8-16(9-11-19)13-25-12-4-7-18(14-25)26-15-20(23-24-26)21(27)22-17-5-2-3-6-17/h8-11,15,17-18H,2-7,12-14H2,1H3,(H,22,27). The van der Waals surface area contributed by atoms with Crippen molar-refractivity contribution >= 4 is 17.7 Å². The largest absolute Gasteiger partial charge is 0.348 e. The average Bonchev–Trinajstić information content (AvgIpc) is 3.41. The minimum Gasteiger partial charge on any atom is -0.348 e. The van der Waals surface area contributed by atoms with E-state index in [9.17, 15) is 4.79 Å². The minimum absolute atomic E-state index is 0.0836. The van der Waals surface area contributed by atoms with Crippen LogP contribution in [0.15, 0.2) is 35.4 Å². The van der Waals surface area contributed by atoms with Gasteiger partial charge in [0.05, 0.1) is 12.2 Å². The van der Waals surface area contributed by atoms with Crippen LogP contribution in [-0.2, 0) is 6.54 Å². The Bertz CT molecular complexity index is 784. The van der Waals surface area contributed by atoms with Crippen LogP contribution in [0, 0.1) is 0 Å². The van der Waals surface area contributed by atoms with Crippen molar-refractivity contribution < 1.29 is 4.79 Å². The van der Waals surface area contributed by atoms with Crippen molar-refractivity contribution in [3.8, 4) is 0 Å². The summed E-state index contributed by atoms with van der Waals surface area (Å²) in [5.74, 6) is -0.0836. The number of nitrogens with zero attached hydrogens (tertiary/aromatic N) is 4. The molecule has 1 atom stereocenters. The van der Waals surface area contributed by atoms with Crippen molar-refractivity contribution in [2.45, 2.75) is 62.0 Å². The van der Waals surface area contributed by atoms with Gasteiger partial charge in [0.25, 0.3) is 5.91 Å². The van der Waals surface area contributed by atoms with Crippen LogP contribution in [0.2, 0.25) is 0 Å². The second kappa shape index (κ2) is 9.09. The second-order valence-corrected chi connectivity index (χ2v) is 8.80. The first-order chi connectivity index (χ1) is 13.7. The molecular formula is C21H29N5OS. The van der Waals surface area contributed by atoms with Crippen LogP contribution in [0.5, 0.6) is 0 Å². The number of hydrogen-bond donors (Lipinski definition) is 1. The Kier molecular flexibility index (Phi) is 6.32. The normalized spacial score (nSPS) is 21.1. The van der Waals surface area contributed by atoms with Gasteiger partial charge in [-0.15, -0.1) is 16.9 Å². The maximum atomic E-state index is 12.4. The van der Waals surface area contributed by atoms with E-state index in [4.69, 9.17) is 0 Å². The summed E-state index contributed by atoms with van der Waals surface area (Å²) < 4.78 is 1.90. The molecule has 1 saturated heterocycles. The zero-order chi connectivity index (χ0) is 19.3. The van der Waals surface area contributed by atoms with Crippen molar-refractivity contribution in [2.24, 2.45) is 0 Å². The number of rotatable bonds is 6. The van der Waals surface area contributed by atoms with E-state index >= 15 is 0 Å². The van der Waals surface area contributed by atoms with Crippen molar-refractivity contribution in [1.82, 2.24) is 25.2 Å². The highest BCUT2D eigenvalue weighted by Crippen LogP contribution is 2.23. The highest BCUT2D eigenvalue weighted by molar-refractivity contribution is 7.98. The molecule has 4 rings (SSSR count). The van der Waals surface area contributed by atoms with Crippen LogP contribution in [0.1, 0.15) is 60.6 Å². The SMILES string of the molecule is CSc1ccc(CN2CCCC(n3cc(C(=O)NC4CCCC4)nn3)C2)cc1. The predicted octanol–water partition coefficient (Wildman–Crippen LogP) is 3.51. The summed E-state index contributed by atoms with van der Waals surface area (Å²) in [5, 5.41) is 11.5. The number of carbonyl (C=O) groups is 1. The van der Waals surface area contributed by atoms with Crippen LogP contribution in [0.4, 0.5) is 0 Å². The Labute approximate surface area is 171 Å². The van der Waals surface area contributed by atoms with Gasteiger partial charge in [0, 0.05) is 24.0 Å². The van der Waals surface area contributed by atoms with Gasteiger partial charge in [0.15, 0.2) is 5.69 Å². The van der Waals surface area contributed by atoms with Gasteiger partial charge in [-0.05, 0) is 56.2 Å². The molecule has 7 heteroatoms. The lowest BCUT2D eigenvalue weighted by molar-refractivity contribution is 0.0932. The van der Waals surface area contributed by atoms with Crippen molar-refractivity contribution in [1.29, 1.82) is 0 Å². The van der Waals surface area contributed by atoms with E-state index in [1.165, 1.54) is 23.3 Å². The van der Waals surface area contributed by atoms with Gasteiger partial charge >= 0.3 is 0 Å². The average molecular weight is 400 g/mol. The topological polar surface area (TPSA) is 63.1 Å². The number of thioether (sulfide) groups is 1. The first-order valence-electron chi connectivity index (χ1n) is 10.3. The van der Waals surface area contributed by atoms with Crippen LogP contribution in [0.3, 0.4) is 0 Å². The Balaban J connectivity index is 1.35. The number of carbonyl (C=O) groups excluding carboxylic acids is 1. The summed E-state index contributed by atoms with van der Waals surface area (Å²) >= 11 is 1.77. The molecule has 2 fully saturated rings. The van der Waals surface area contributed by atoms with Gasteiger partial charge in [0.2, 0.25) is 0 Å². The molecule has 1 aliphatic heterocycles. The van der Waals surface area contributed by atoms with E-state index in [-0.39, 0.29) is 11.9 Å². The molecule has 0 spiro atoms. The quantitative estimate of drug-likeness (QED) is 0.753. The number of benzene rings is 1. The summed E-state index contributed by atoms with van der Waals surface area (Å²) in [6, 6.07) is 9.40.